The van der Waals surface area contributed by atoms with Crippen LogP contribution in [0.1, 0.15) is 48.9 Å². The molecule has 128 valence electrons. The Balaban J connectivity index is 1.46. The van der Waals surface area contributed by atoms with Crippen LogP contribution in [0.3, 0.4) is 0 Å². The molecule has 1 saturated carbocycles. The Morgan fingerprint density at radius 1 is 1.17 bits per heavy atom. The lowest BCUT2D eigenvalue weighted by Gasteiger charge is -2.16. The lowest BCUT2D eigenvalue weighted by molar-refractivity contribution is 0.0953. The van der Waals surface area contributed by atoms with Gasteiger partial charge in [-0.25, -0.2) is 9.97 Å². The van der Waals surface area contributed by atoms with Crippen LogP contribution in [0.4, 0.5) is 0 Å². The number of nitrogens with zero attached hydrogens (tertiary/aromatic N) is 3. The Morgan fingerprint density at radius 2 is 2.00 bits per heavy atom. The van der Waals surface area contributed by atoms with E-state index < -0.39 is 0 Å². The molecule has 0 aromatic carbocycles. The summed E-state index contributed by atoms with van der Waals surface area (Å²) in [6.45, 7) is 1.45. The number of hydrogen-bond acceptors (Lipinski definition) is 4. The van der Waals surface area contributed by atoms with Gasteiger partial charge in [0.25, 0.3) is 5.91 Å². The third-order valence-electron chi connectivity index (χ3n) is 4.48. The van der Waals surface area contributed by atoms with Gasteiger partial charge in [0.05, 0.1) is 0 Å². The van der Waals surface area contributed by atoms with E-state index in [9.17, 15) is 4.79 Å². The van der Waals surface area contributed by atoms with Crippen LogP contribution in [0.15, 0.2) is 37.1 Å². The molecule has 0 unspecified atom stereocenters. The zero-order valence-electron chi connectivity index (χ0n) is 13.9. The summed E-state index contributed by atoms with van der Waals surface area (Å²) in [5, 5.41) is 6.54. The average molecular weight is 327 g/mol. The molecule has 3 rings (SSSR count). The van der Waals surface area contributed by atoms with Gasteiger partial charge in [-0.15, -0.1) is 0 Å². The highest BCUT2D eigenvalue weighted by Crippen LogP contribution is 2.16. The second-order valence-corrected chi connectivity index (χ2v) is 6.27. The SMILES string of the molecule is O=C(NCCNC1CCCCCC1)c1ccnc(-n2ccnc2)c1. The number of carbonyl (C=O) groups excluding carboxylic acids is 1. The highest BCUT2D eigenvalue weighted by molar-refractivity contribution is 5.94. The first-order valence-corrected chi connectivity index (χ1v) is 8.79. The summed E-state index contributed by atoms with van der Waals surface area (Å²) in [6.07, 6.45) is 14.7. The molecule has 2 aromatic heterocycles. The predicted molar refractivity (Wildman–Crippen MR) is 93.2 cm³/mol. The molecular formula is C18H25N5O. The van der Waals surface area contributed by atoms with Gasteiger partial charge < -0.3 is 10.6 Å². The quantitative estimate of drug-likeness (QED) is 0.631. The van der Waals surface area contributed by atoms with Crippen LogP contribution >= 0.6 is 0 Å². The maximum Gasteiger partial charge on any atom is 0.251 e. The molecule has 24 heavy (non-hydrogen) atoms. The van der Waals surface area contributed by atoms with Crippen LogP contribution in [-0.4, -0.2) is 39.6 Å². The van der Waals surface area contributed by atoms with Crippen LogP contribution in [0.25, 0.3) is 5.82 Å². The molecular weight excluding hydrogens is 302 g/mol. The normalized spacial score (nSPS) is 15.8. The highest BCUT2D eigenvalue weighted by Gasteiger charge is 2.11. The summed E-state index contributed by atoms with van der Waals surface area (Å²) < 4.78 is 1.78. The summed E-state index contributed by atoms with van der Waals surface area (Å²) in [4.78, 5) is 20.5. The first kappa shape index (κ1) is 16.6. The van der Waals surface area contributed by atoms with Crippen molar-refractivity contribution >= 4 is 5.91 Å². The Morgan fingerprint density at radius 3 is 2.75 bits per heavy atom. The summed E-state index contributed by atoms with van der Waals surface area (Å²) >= 11 is 0. The van der Waals surface area contributed by atoms with Crippen molar-refractivity contribution in [2.24, 2.45) is 0 Å². The number of nitrogens with one attached hydrogen (secondary N) is 2. The van der Waals surface area contributed by atoms with Crippen molar-refractivity contribution in [3.8, 4) is 5.82 Å². The number of rotatable bonds is 6. The number of pyridine rings is 1. The first-order valence-electron chi connectivity index (χ1n) is 8.79. The largest absolute Gasteiger partial charge is 0.351 e. The van der Waals surface area contributed by atoms with Crippen molar-refractivity contribution in [1.29, 1.82) is 0 Å². The molecule has 6 nitrogen and oxygen atoms in total. The summed E-state index contributed by atoms with van der Waals surface area (Å²) in [7, 11) is 0. The Kier molecular flexibility index (Phi) is 5.96. The minimum Gasteiger partial charge on any atom is -0.351 e. The predicted octanol–water partition coefficient (Wildman–Crippen LogP) is 2.31. The molecule has 2 heterocycles. The molecule has 0 atom stereocenters. The monoisotopic (exact) mass is 327 g/mol. The lowest BCUT2D eigenvalue weighted by atomic mass is 10.1. The van der Waals surface area contributed by atoms with E-state index in [1.807, 2.05) is 0 Å². The Labute approximate surface area is 142 Å². The molecule has 1 fully saturated rings. The van der Waals surface area contributed by atoms with E-state index in [1.165, 1.54) is 38.5 Å². The second kappa shape index (κ2) is 8.59. The maximum absolute atomic E-state index is 12.3. The standard InChI is InChI=1S/C18H25N5O/c24-18(22-10-9-20-16-5-3-1-2-4-6-16)15-7-8-21-17(13-15)23-12-11-19-14-23/h7-8,11-14,16,20H,1-6,9-10H2,(H,22,24). The Hall–Kier alpha value is -2.21. The van der Waals surface area contributed by atoms with E-state index in [1.54, 1.807) is 41.6 Å². The molecule has 1 amide bonds. The van der Waals surface area contributed by atoms with E-state index in [0.29, 0.717) is 24.0 Å². The van der Waals surface area contributed by atoms with Gasteiger partial charge in [-0.2, -0.15) is 0 Å². The van der Waals surface area contributed by atoms with E-state index >= 15 is 0 Å². The zero-order chi connectivity index (χ0) is 16.6. The van der Waals surface area contributed by atoms with Gasteiger partial charge >= 0.3 is 0 Å². The fourth-order valence-electron chi connectivity index (χ4n) is 3.13. The van der Waals surface area contributed by atoms with E-state index in [0.717, 1.165) is 6.54 Å². The van der Waals surface area contributed by atoms with Crippen LogP contribution in [0.2, 0.25) is 0 Å². The average Bonchev–Trinajstić information content (AvgIpc) is 3.03. The second-order valence-electron chi connectivity index (χ2n) is 6.27. The minimum absolute atomic E-state index is 0.0681. The minimum atomic E-state index is -0.0681. The van der Waals surface area contributed by atoms with Gasteiger partial charge in [0.1, 0.15) is 12.1 Å². The van der Waals surface area contributed by atoms with Crippen molar-refractivity contribution < 1.29 is 4.79 Å². The highest BCUT2D eigenvalue weighted by atomic mass is 16.1. The molecule has 0 spiro atoms. The molecule has 2 aromatic rings. The maximum atomic E-state index is 12.3. The summed E-state index contributed by atoms with van der Waals surface area (Å²) in [6, 6.07) is 4.11. The van der Waals surface area contributed by atoms with Gasteiger partial charge in [-0.1, -0.05) is 25.7 Å². The fourth-order valence-corrected chi connectivity index (χ4v) is 3.13. The van der Waals surface area contributed by atoms with Crippen LogP contribution in [0, 0.1) is 0 Å². The number of aromatic nitrogens is 3. The van der Waals surface area contributed by atoms with Crippen molar-refractivity contribution in [2.45, 2.75) is 44.6 Å². The van der Waals surface area contributed by atoms with E-state index in [4.69, 9.17) is 0 Å². The van der Waals surface area contributed by atoms with E-state index in [2.05, 4.69) is 20.6 Å². The van der Waals surface area contributed by atoms with E-state index in [-0.39, 0.29) is 5.91 Å². The number of amides is 1. The Bertz CT molecular complexity index is 633. The number of imidazole rings is 1. The zero-order valence-corrected chi connectivity index (χ0v) is 13.9. The smallest absolute Gasteiger partial charge is 0.251 e. The van der Waals surface area contributed by atoms with Gasteiger partial charge in [0.15, 0.2) is 0 Å². The molecule has 0 aliphatic heterocycles. The molecule has 6 heteroatoms. The third-order valence-corrected chi connectivity index (χ3v) is 4.48. The van der Waals surface area contributed by atoms with Crippen molar-refractivity contribution in [1.82, 2.24) is 25.2 Å². The molecule has 0 saturated heterocycles. The molecule has 1 aliphatic carbocycles. The number of hydrogen-bond donors (Lipinski definition) is 2. The molecule has 1 aliphatic rings. The van der Waals surface area contributed by atoms with Gasteiger partial charge in [-0.05, 0) is 25.0 Å². The van der Waals surface area contributed by atoms with Gasteiger partial charge in [-0.3, -0.25) is 9.36 Å². The van der Waals surface area contributed by atoms with Gasteiger partial charge in [0, 0.05) is 43.3 Å². The number of carbonyl (C=O) groups is 1. The topological polar surface area (TPSA) is 71.8 Å². The molecule has 0 radical (unpaired) electrons. The van der Waals surface area contributed by atoms with Crippen molar-refractivity contribution in [3.05, 3.63) is 42.6 Å². The van der Waals surface area contributed by atoms with Crippen molar-refractivity contribution in [2.75, 3.05) is 13.1 Å². The lowest BCUT2D eigenvalue weighted by Crippen LogP contribution is -2.36. The van der Waals surface area contributed by atoms with Gasteiger partial charge in [0.2, 0.25) is 0 Å². The van der Waals surface area contributed by atoms with Crippen LogP contribution in [0.5, 0.6) is 0 Å². The van der Waals surface area contributed by atoms with Crippen LogP contribution < -0.4 is 10.6 Å². The third kappa shape index (κ3) is 4.64. The summed E-state index contributed by atoms with van der Waals surface area (Å²) in [5.74, 6) is 0.623. The molecule has 0 bridgehead atoms. The molecule has 2 N–H and O–H groups in total. The fraction of sp³-hybridized carbons (Fsp3) is 0.500. The van der Waals surface area contributed by atoms with Crippen molar-refractivity contribution in [3.63, 3.8) is 0 Å². The van der Waals surface area contributed by atoms with Crippen LogP contribution in [-0.2, 0) is 0 Å². The summed E-state index contributed by atoms with van der Waals surface area (Å²) in [5.41, 5.74) is 0.614. The first-order chi connectivity index (χ1) is 11.8.